The normalized spacial score (nSPS) is 16.2. The van der Waals surface area contributed by atoms with Crippen molar-refractivity contribution in [3.05, 3.63) is 53.2 Å². The number of carbonyl (C=O) groups is 2. The molecule has 3 rings (SSSR count). The molecule has 5 nitrogen and oxygen atoms in total. The number of thioether (sulfide) groups is 1. The molecule has 130 valence electrons. The fourth-order valence-corrected chi connectivity index (χ4v) is 4.18. The van der Waals surface area contributed by atoms with E-state index in [0.717, 1.165) is 11.3 Å². The summed E-state index contributed by atoms with van der Waals surface area (Å²) >= 11 is 7.88. The molecule has 0 radical (unpaired) electrons. The Labute approximate surface area is 154 Å². The van der Waals surface area contributed by atoms with Gasteiger partial charge in [0.05, 0.1) is 16.3 Å². The lowest BCUT2D eigenvalue weighted by molar-refractivity contribution is -0.144. The van der Waals surface area contributed by atoms with Crippen molar-refractivity contribution in [1.82, 2.24) is 10.3 Å². The van der Waals surface area contributed by atoms with E-state index < -0.39 is 17.4 Å². The van der Waals surface area contributed by atoms with Crippen molar-refractivity contribution in [2.45, 2.75) is 18.4 Å². The van der Waals surface area contributed by atoms with Gasteiger partial charge in [0.2, 0.25) is 0 Å². The van der Waals surface area contributed by atoms with E-state index in [4.69, 9.17) is 11.6 Å². The van der Waals surface area contributed by atoms with Gasteiger partial charge in [-0.25, -0.2) is 4.79 Å². The molecule has 1 aliphatic rings. The minimum atomic E-state index is -1.23. The van der Waals surface area contributed by atoms with Crippen molar-refractivity contribution in [2.75, 3.05) is 11.5 Å². The summed E-state index contributed by atoms with van der Waals surface area (Å²) in [4.78, 5) is 28.8. The standard InChI is InChI=1S/C18H17ClN2O3S/c19-14-5-4-12(15-3-1-2-8-20-15)11-13(14)16(22)21-18(17(23)24)6-9-25-10-7-18/h1-5,8,11H,6-7,9-10H2,(H,21,22)(H,23,24). The fourth-order valence-electron chi connectivity index (χ4n) is 2.79. The number of benzene rings is 1. The number of amides is 1. The summed E-state index contributed by atoms with van der Waals surface area (Å²) in [5.74, 6) is -0.0713. The van der Waals surface area contributed by atoms with E-state index in [0.29, 0.717) is 24.3 Å². The molecule has 0 unspecified atom stereocenters. The zero-order valence-corrected chi connectivity index (χ0v) is 14.9. The molecule has 1 aromatic carbocycles. The second-order valence-corrected chi connectivity index (χ2v) is 7.50. The largest absolute Gasteiger partial charge is 0.480 e. The molecule has 0 bridgehead atoms. The number of rotatable bonds is 4. The molecule has 2 heterocycles. The average Bonchev–Trinajstić information content (AvgIpc) is 2.63. The number of carboxylic acid groups (broad SMARTS) is 1. The maximum Gasteiger partial charge on any atom is 0.329 e. The molecule has 1 aliphatic heterocycles. The highest BCUT2D eigenvalue weighted by Crippen LogP contribution is 2.29. The second-order valence-electron chi connectivity index (χ2n) is 5.86. The average molecular weight is 377 g/mol. The summed E-state index contributed by atoms with van der Waals surface area (Å²) in [6.45, 7) is 0. The van der Waals surface area contributed by atoms with Crippen LogP contribution < -0.4 is 5.32 Å². The van der Waals surface area contributed by atoms with Crippen LogP contribution in [0.2, 0.25) is 5.02 Å². The van der Waals surface area contributed by atoms with Crippen molar-refractivity contribution in [2.24, 2.45) is 0 Å². The van der Waals surface area contributed by atoms with Crippen LogP contribution in [0.15, 0.2) is 42.6 Å². The fraction of sp³-hybridized carbons (Fsp3) is 0.278. The third-order valence-electron chi connectivity index (χ3n) is 4.28. The molecule has 1 amide bonds. The number of hydrogen-bond acceptors (Lipinski definition) is 4. The number of hydrogen-bond donors (Lipinski definition) is 2. The first kappa shape index (κ1) is 17.8. The molecule has 0 saturated carbocycles. The van der Waals surface area contributed by atoms with Gasteiger partial charge in [-0.2, -0.15) is 11.8 Å². The van der Waals surface area contributed by atoms with E-state index in [1.54, 1.807) is 36.2 Å². The quantitative estimate of drug-likeness (QED) is 0.853. The third kappa shape index (κ3) is 3.80. The zero-order chi connectivity index (χ0) is 17.9. The van der Waals surface area contributed by atoms with Gasteiger partial charge in [0.25, 0.3) is 5.91 Å². The van der Waals surface area contributed by atoms with Gasteiger partial charge in [-0.05, 0) is 48.6 Å². The van der Waals surface area contributed by atoms with Crippen LogP contribution in [-0.2, 0) is 4.79 Å². The van der Waals surface area contributed by atoms with Crippen molar-refractivity contribution >= 4 is 35.2 Å². The van der Waals surface area contributed by atoms with Gasteiger partial charge in [-0.15, -0.1) is 0 Å². The Kier molecular flexibility index (Phi) is 5.30. The number of carboxylic acids is 1. The molecule has 2 N–H and O–H groups in total. The third-order valence-corrected chi connectivity index (χ3v) is 5.60. The highest BCUT2D eigenvalue weighted by Gasteiger charge is 2.41. The topological polar surface area (TPSA) is 79.3 Å². The SMILES string of the molecule is O=C(NC1(C(=O)O)CCSCC1)c1cc(-c2ccccn2)ccc1Cl. The van der Waals surface area contributed by atoms with Gasteiger partial charge in [-0.1, -0.05) is 23.7 Å². The van der Waals surface area contributed by atoms with Crippen LogP contribution in [0, 0.1) is 0 Å². The molecular formula is C18H17ClN2O3S. The Morgan fingerprint density at radius 2 is 1.96 bits per heavy atom. The highest BCUT2D eigenvalue weighted by molar-refractivity contribution is 7.99. The Bertz CT molecular complexity index is 792. The lowest BCUT2D eigenvalue weighted by Crippen LogP contribution is -2.56. The van der Waals surface area contributed by atoms with Crippen LogP contribution in [0.25, 0.3) is 11.3 Å². The first-order valence-corrected chi connectivity index (χ1v) is 9.40. The van der Waals surface area contributed by atoms with Gasteiger partial charge in [0, 0.05) is 11.8 Å². The summed E-state index contributed by atoms with van der Waals surface area (Å²) in [5, 5.41) is 12.6. The van der Waals surface area contributed by atoms with Crippen molar-refractivity contribution in [3.63, 3.8) is 0 Å². The van der Waals surface area contributed by atoms with Gasteiger partial charge in [0.15, 0.2) is 0 Å². The minimum Gasteiger partial charge on any atom is -0.480 e. The summed E-state index contributed by atoms with van der Waals surface area (Å²) in [5.41, 5.74) is 0.491. The second kappa shape index (κ2) is 7.45. The van der Waals surface area contributed by atoms with E-state index in [1.807, 2.05) is 18.2 Å². The minimum absolute atomic E-state index is 0.253. The van der Waals surface area contributed by atoms with Gasteiger partial charge in [0.1, 0.15) is 5.54 Å². The molecular weight excluding hydrogens is 360 g/mol. The number of nitrogens with zero attached hydrogens (tertiary/aromatic N) is 1. The van der Waals surface area contributed by atoms with E-state index in [1.165, 1.54) is 0 Å². The van der Waals surface area contributed by atoms with Crippen LogP contribution in [0.1, 0.15) is 23.2 Å². The molecule has 2 aromatic rings. The van der Waals surface area contributed by atoms with E-state index in [2.05, 4.69) is 10.3 Å². The Hall–Kier alpha value is -2.05. The predicted molar refractivity (Wildman–Crippen MR) is 99.1 cm³/mol. The summed E-state index contributed by atoms with van der Waals surface area (Å²) < 4.78 is 0. The number of carbonyl (C=O) groups excluding carboxylic acids is 1. The van der Waals surface area contributed by atoms with Gasteiger partial charge >= 0.3 is 5.97 Å². The number of aromatic nitrogens is 1. The van der Waals surface area contributed by atoms with E-state index in [9.17, 15) is 14.7 Å². The Balaban J connectivity index is 1.90. The predicted octanol–water partition coefficient (Wildman–Crippen LogP) is 3.48. The summed E-state index contributed by atoms with van der Waals surface area (Å²) in [6, 6.07) is 10.6. The smallest absolute Gasteiger partial charge is 0.329 e. The lowest BCUT2D eigenvalue weighted by atomic mass is 9.91. The molecule has 1 fully saturated rings. The van der Waals surface area contributed by atoms with Crippen LogP contribution in [0.3, 0.4) is 0 Å². The van der Waals surface area contributed by atoms with Crippen molar-refractivity contribution in [3.8, 4) is 11.3 Å². The first-order valence-electron chi connectivity index (χ1n) is 7.86. The van der Waals surface area contributed by atoms with Crippen LogP contribution in [-0.4, -0.2) is 39.0 Å². The van der Waals surface area contributed by atoms with Crippen molar-refractivity contribution in [1.29, 1.82) is 0 Å². The van der Waals surface area contributed by atoms with Gasteiger partial charge in [-0.3, -0.25) is 9.78 Å². The maximum absolute atomic E-state index is 12.7. The van der Waals surface area contributed by atoms with Crippen LogP contribution in [0.4, 0.5) is 0 Å². The Morgan fingerprint density at radius 1 is 1.20 bits per heavy atom. The molecule has 0 spiro atoms. The maximum atomic E-state index is 12.7. The number of nitrogens with one attached hydrogen (secondary N) is 1. The van der Waals surface area contributed by atoms with E-state index in [-0.39, 0.29) is 10.6 Å². The molecule has 0 aliphatic carbocycles. The summed E-state index contributed by atoms with van der Waals surface area (Å²) in [6.07, 6.45) is 2.47. The number of pyridine rings is 1. The molecule has 7 heteroatoms. The highest BCUT2D eigenvalue weighted by atomic mass is 35.5. The number of aliphatic carboxylic acids is 1. The molecule has 1 aromatic heterocycles. The molecule has 0 atom stereocenters. The van der Waals surface area contributed by atoms with Crippen molar-refractivity contribution < 1.29 is 14.7 Å². The van der Waals surface area contributed by atoms with Crippen LogP contribution in [0.5, 0.6) is 0 Å². The van der Waals surface area contributed by atoms with Gasteiger partial charge < -0.3 is 10.4 Å². The lowest BCUT2D eigenvalue weighted by Gasteiger charge is -2.33. The monoisotopic (exact) mass is 376 g/mol. The number of halogens is 1. The molecule has 1 saturated heterocycles. The van der Waals surface area contributed by atoms with E-state index >= 15 is 0 Å². The van der Waals surface area contributed by atoms with Crippen LogP contribution >= 0.6 is 23.4 Å². The zero-order valence-electron chi connectivity index (χ0n) is 13.4. The summed E-state index contributed by atoms with van der Waals surface area (Å²) in [7, 11) is 0. The first-order chi connectivity index (χ1) is 12.0. The Morgan fingerprint density at radius 3 is 2.60 bits per heavy atom. The molecule has 25 heavy (non-hydrogen) atoms.